The van der Waals surface area contributed by atoms with E-state index in [0.29, 0.717) is 5.75 Å². The number of nitrogens with one attached hydrogen (secondary N) is 1. The molecule has 1 unspecified atom stereocenters. The minimum absolute atomic E-state index is 0.0537. The van der Waals surface area contributed by atoms with Gasteiger partial charge in [-0.15, -0.1) is 0 Å². The first-order chi connectivity index (χ1) is 8.59. The van der Waals surface area contributed by atoms with Crippen molar-refractivity contribution in [2.24, 2.45) is 0 Å². The molecule has 0 aromatic carbocycles. The van der Waals surface area contributed by atoms with Gasteiger partial charge in [-0.3, -0.25) is 14.6 Å². The standard InChI is InChI=1S/C11H14N2O4S/c1-8(11(15)16)13-18-7-9(14)6-17-10-3-2-4-12-5-10/h2-5,8,13H,6-7H2,1H3,(H,15,16). The van der Waals surface area contributed by atoms with Crippen LogP contribution in [-0.4, -0.2) is 40.2 Å². The van der Waals surface area contributed by atoms with Crippen LogP contribution in [0.1, 0.15) is 6.92 Å². The predicted octanol–water partition coefficient (Wildman–Crippen LogP) is 0.740. The van der Waals surface area contributed by atoms with Gasteiger partial charge in [0, 0.05) is 6.20 Å². The molecular weight excluding hydrogens is 256 g/mol. The molecule has 0 aliphatic carbocycles. The van der Waals surface area contributed by atoms with Crippen molar-refractivity contribution in [1.29, 1.82) is 0 Å². The van der Waals surface area contributed by atoms with E-state index in [1.807, 2.05) is 0 Å². The lowest BCUT2D eigenvalue weighted by molar-refractivity contribution is -0.138. The van der Waals surface area contributed by atoms with Crippen LogP contribution in [0, 0.1) is 0 Å². The third-order valence-corrected chi connectivity index (χ3v) is 2.88. The van der Waals surface area contributed by atoms with Crippen LogP contribution in [0.25, 0.3) is 0 Å². The van der Waals surface area contributed by atoms with Crippen LogP contribution in [0.4, 0.5) is 0 Å². The molecule has 0 fully saturated rings. The number of carbonyl (C=O) groups excluding carboxylic acids is 1. The van der Waals surface area contributed by atoms with Crippen LogP contribution >= 0.6 is 11.9 Å². The highest BCUT2D eigenvalue weighted by molar-refractivity contribution is 7.98. The molecule has 1 atom stereocenters. The highest BCUT2D eigenvalue weighted by Gasteiger charge is 2.11. The summed E-state index contributed by atoms with van der Waals surface area (Å²) in [7, 11) is 0. The number of carboxylic acid groups (broad SMARTS) is 1. The quantitative estimate of drug-likeness (QED) is 0.673. The van der Waals surface area contributed by atoms with Crippen molar-refractivity contribution in [1.82, 2.24) is 9.71 Å². The van der Waals surface area contributed by atoms with Crippen molar-refractivity contribution in [3.05, 3.63) is 24.5 Å². The molecule has 0 spiro atoms. The third kappa shape index (κ3) is 5.65. The molecule has 0 saturated heterocycles. The fourth-order valence-electron chi connectivity index (χ4n) is 0.936. The molecule has 1 heterocycles. The molecule has 0 aliphatic rings. The van der Waals surface area contributed by atoms with E-state index >= 15 is 0 Å². The Morgan fingerprint density at radius 1 is 1.61 bits per heavy atom. The summed E-state index contributed by atoms with van der Waals surface area (Å²) in [4.78, 5) is 25.8. The molecule has 98 valence electrons. The lowest BCUT2D eigenvalue weighted by Gasteiger charge is -2.08. The molecule has 0 amide bonds. The number of carboxylic acids is 1. The molecule has 18 heavy (non-hydrogen) atoms. The number of rotatable bonds is 8. The minimum Gasteiger partial charge on any atom is -0.484 e. The number of hydrogen-bond acceptors (Lipinski definition) is 6. The van der Waals surface area contributed by atoms with E-state index in [4.69, 9.17) is 9.84 Å². The molecule has 6 nitrogen and oxygen atoms in total. The van der Waals surface area contributed by atoms with Crippen LogP contribution in [0.15, 0.2) is 24.5 Å². The van der Waals surface area contributed by atoms with Gasteiger partial charge < -0.3 is 9.84 Å². The van der Waals surface area contributed by atoms with Crippen molar-refractivity contribution in [2.45, 2.75) is 13.0 Å². The summed E-state index contributed by atoms with van der Waals surface area (Å²) in [5.74, 6) is -0.407. The first-order valence-corrected chi connectivity index (χ1v) is 6.23. The molecule has 0 aliphatic heterocycles. The van der Waals surface area contributed by atoms with Crippen LogP contribution in [-0.2, 0) is 9.59 Å². The average molecular weight is 270 g/mol. The summed E-state index contributed by atoms with van der Waals surface area (Å²) in [6.07, 6.45) is 3.13. The Morgan fingerprint density at radius 2 is 2.39 bits per heavy atom. The van der Waals surface area contributed by atoms with E-state index in [9.17, 15) is 9.59 Å². The summed E-state index contributed by atoms with van der Waals surface area (Å²) in [6.45, 7) is 1.45. The topological polar surface area (TPSA) is 88.5 Å². The van der Waals surface area contributed by atoms with Gasteiger partial charge in [0.1, 0.15) is 18.4 Å². The summed E-state index contributed by atoms with van der Waals surface area (Å²) in [5.41, 5.74) is 0. The molecule has 1 aromatic heterocycles. The maximum absolute atomic E-state index is 11.4. The Bertz CT molecular complexity index is 399. The summed E-state index contributed by atoms with van der Waals surface area (Å²) in [6, 6.07) is 2.73. The Labute approximate surface area is 109 Å². The first kappa shape index (κ1) is 14.5. The Kier molecular flexibility index (Phi) is 6.16. The highest BCUT2D eigenvalue weighted by atomic mass is 32.2. The lowest BCUT2D eigenvalue weighted by Crippen LogP contribution is -2.30. The zero-order valence-corrected chi connectivity index (χ0v) is 10.6. The number of nitrogens with zero attached hydrogens (tertiary/aromatic N) is 1. The number of ketones is 1. The largest absolute Gasteiger partial charge is 0.484 e. The number of carbonyl (C=O) groups is 2. The van der Waals surface area contributed by atoms with Gasteiger partial charge in [-0.05, 0) is 19.1 Å². The third-order valence-electron chi connectivity index (χ3n) is 1.90. The number of Topliss-reactive ketones (excluding diaryl/α,β-unsaturated/α-hetero) is 1. The van der Waals surface area contributed by atoms with E-state index in [1.165, 1.54) is 13.1 Å². The van der Waals surface area contributed by atoms with Crippen molar-refractivity contribution in [2.75, 3.05) is 12.4 Å². The Hall–Kier alpha value is -1.60. The van der Waals surface area contributed by atoms with E-state index in [1.54, 1.807) is 18.3 Å². The maximum atomic E-state index is 11.4. The average Bonchev–Trinajstić information content (AvgIpc) is 2.37. The second-order valence-corrected chi connectivity index (χ2v) is 4.30. The fraction of sp³-hybridized carbons (Fsp3) is 0.364. The molecule has 1 rings (SSSR count). The van der Waals surface area contributed by atoms with Gasteiger partial charge in [-0.2, -0.15) is 0 Å². The lowest BCUT2D eigenvalue weighted by atomic mass is 10.4. The summed E-state index contributed by atoms with van der Waals surface area (Å²) >= 11 is 1.06. The number of hydrogen-bond donors (Lipinski definition) is 2. The van der Waals surface area contributed by atoms with E-state index in [2.05, 4.69) is 9.71 Å². The molecule has 0 bridgehead atoms. The van der Waals surface area contributed by atoms with Gasteiger partial charge in [0.25, 0.3) is 0 Å². The predicted molar refractivity (Wildman–Crippen MR) is 67.4 cm³/mol. The zero-order chi connectivity index (χ0) is 13.4. The van der Waals surface area contributed by atoms with E-state index < -0.39 is 12.0 Å². The van der Waals surface area contributed by atoms with Gasteiger partial charge in [0.05, 0.1) is 11.9 Å². The van der Waals surface area contributed by atoms with Crippen LogP contribution in [0.3, 0.4) is 0 Å². The normalized spacial score (nSPS) is 11.8. The van der Waals surface area contributed by atoms with Gasteiger partial charge in [-0.25, -0.2) is 4.72 Å². The molecule has 1 aromatic rings. The number of aliphatic carboxylic acids is 1. The van der Waals surface area contributed by atoms with Crippen LogP contribution in [0.2, 0.25) is 0 Å². The Morgan fingerprint density at radius 3 is 3.00 bits per heavy atom. The van der Waals surface area contributed by atoms with E-state index in [-0.39, 0.29) is 18.1 Å². The highest BCUT2D eigenvalue weighted by Crippen LogP contribution is 2.06. The second kappa shape index (κ2) is 7.67. The maximum Gasteiger partial charge on any atom is 0.321 e. The summed E-state index contributed by atoms with van der Waals surface area (Å²) in [5, 5.41) is 8.61. The van der Waals surface area contributed by atoms with Gasteiger partial charge >= 0.3 is 5.97 Å². The second-order valence-electron chi connectivity index (χ2n) is 3.48. The molecule has 2 N–H and O–H groups in total. The Balaban J connectivity index is 2.17. The van der Waals surface area contributed by atoms with Crippen LogP contribution < -0.4 is 9.46 Å². The van der Waals surface area contributed by atoms with Gasteiger partial charge in [-0.1, -0.05) is 11.9 Å². The van der Waals surface area contributed by atoms with E-state index in [0.717, 1.165) is 11.9 Å². The van der Waals surface area contributed by atoms with Crippen molar-refractivity contribution >= 4 is 23.7 Å². The van der Waals surface area contributed by atoms with Gasteiger partial charge in [0.2, 0.25) is 0 Å². The number of pyridine rings is 1. The van der Waals surface area contributed by atoms with Gasteiger partial charge in [0.15, 0.2) is 5.78 Å². The fourth-order valence-corrected chi connectivity index (χ4v) is 1.61. The smallest absolute Gasteiger partial charge is 0.321 e. The van der Waals surface area contributed by atoms with Crippen molar-refractivity contribution < 1.29 is 19.4 Å². The molecule has 7 heteroatoms. The molecule has 0 radical (unpaired) electrons. The zero-order valence-electron chi connectivity index (χ0n) is 9.83. The van der Waals surface area contributed by atoms with Crippen molar-refractivity contribution in [3.63, 3.8) is 0 Å². The van der Waals surface area contributed by atoms with Crippen molar-refractivity contribution in [3.8, 4) is 5.75 Å². The molecule has 0 saturated carbocycles. The SMILES string of the molecule is CC(NSCC(=O)COc1cccnc1)C(=O)O. The number of aromatic nitrogens is 1. The van der Waals surface area contributed by atoms with Crippen LogP contribution in [0.5, 0.6) is 5.75 Å². The first-order valence-electron chi connectivity index (χ1n) is 5.24. The summed E-state index contributed by atoms with van der Waals surface area (Å²) < 4.78 is 7.84. The molecular formula is C11H14N2O4S. The minimum atomic E-state index is -0.957. The monoisotopic (exact) mass is 270 g/mol. The number of ether oxygens (including phenoxy) is 1.